The Labute approximate surface area is 199 Å². The number of amides is 3. The van der Waals surface area contributed by atoms with Gasteiger partial charge < -0.3 is 10.1 Å². The summed E-state index contributed by atoms with van der Waals surface area (Å²) in [5.74, 6) is -0.931. The fraction of sp³-hybridized carbons (Fsp3) is 0.160. The van der Waals surface area contributed by atoms with Gasteiger partial charge in [0.05, 0.1) is 24.2 Å². The van der Waals surface area contributed by atoms with E-state index in [9.17, 15) is 18.8 Å². The third-order valence-electron chi connectivity index (χ3n) is 5.83. The standard InChI is InChI=1S/C25H20FN3O4S/c1-33-21-9-5-3-7-19(21)27-22(30)14-28-20-8-4-2-6-18(20)25(24(28)32)29(23(31)15-34-25)17-12-10-16(26)11-13-17/h2-13H,14-15H2,1H3,(H,27,30). The summed E-state index contributed by atoms with van der Waals surface area (Å²) in [6, 6.07) is 19.6. The molecule has 172 valence electrons. The summed E-state index contributed by atoms with van der Waals surface area (Å²) in [5, 5.41) is 2.79. The highest BCUT2D eigenvalue weighted by Gasteiger charge is 2.61. The first kappa shape index (κ1) is 22.0. The number of carbonyl (C=O) groups excluding carboxylic acids is 3. The quantitative estimate of drug-likeness (QED) is 0.606. The van der Waals surface area contributed by atoms with E-state index in [1.807, 2.05) is 0 Å². The van der Waals surface area contributed by atoms with Gasteiger partial charge in [-0.3, -0.25) is 24.2 Å². The maximum absolute atomic E-state index is 13.9. The molecule has 3 amide bonds. The first-order valence-electron chi connectivity index (χ1n) is 10.5. The summed E-state index contributed by atoms with van der Waals surface area (Å²) in [7, 11) is 1.51. The summed E-state index contributed by atoms with van der Waals surface area (Å²) in [4.78, 5) is 41.3. The molecule has 34 heavy (non-hydrogen) atoms. The molecule has 9 heteroatoms. The number of ether oxygens (including phenoxy) is 1. The Kier molecular flexibility index (Phi) is 5.49. The van der Waals surface area contributed by atoms with E-state index in [-0.39, 0.29) is 18.2 Å². The van der Waals surface area contributed by atoms with E-state index in [0.29, 0.717) is 28.4 Å². The molecule has 2 aliphatic rings. The molecule has 0 radical (unpaired) electrons. The maximum Gasteiger partial charge on any atom is 0.269 e. The lowest BCUT2D eigenvalue weighted by Gasteiger charge is -2.33. The SMILES string of the molecule is COc1ccccc1NC(=O)CN1C(=O)C2(SCC(=O)N2c2ccc(F)cc2)c2ccccc21. The summed E-state index contributed by atoms with van der Waals surface area (Å²) < 4.78 is 18.8. The van der Waals surface area contributed by atoms with Gasteiger partial charge in [0.2, 0.25) is 16.7 Å². The van der Waals surface area contributed by atoms with Gasteiger partial charge in [-0.05, 0) is 42.5 Å². The van der Waals surface area contributed by atoms with Gasteiger partial charge in [-0.2, -0.15) is 0 Å². The second kappa shape index (κ2) is 8.49. The molecule has 3 aromatic carbocycles. The van der Waals surface area contributed by atoms with Crippen LogP contribution in [0.3, 0.4) is 0 Å². The Balaban J connectivity index is 1.51. The second-order valence-electron chi connectivity index (χ2n) is 7.80. The van der Waals surface area contributed by atoms with Gasteiger partial charge in [0.1, 0.15) is 18.1 Å². The van der Waals surface area contributed by atoms with Gasteiger partial charge in [-0.1, -0.05) is 30.3 Å². The molecule has 7 nitrogen and oxygen atoms in total. The molecule has 1 unspecified atom stereocenters. The molecule has 2 heterocycles. The number of rotatable bonds is 5. The van der Waals surface area contributed by atoms with Crippen molar-refractivity contribution in [1.82, 2.24) is 0 Å². The minimum absolute atomic E-state index is 0.0820. The molecule has 1 saturated heterocycles. The number of methoxy groups -OCH3 is 1. The van der Waals surface area contributed by atoms with Gasteiger partial charge in [0, 0.05) is 11.3 Å². The van der Waals surface area contributed by atoms with Crippen molar-refractivity contribution in [3.05, 3.63) is 84.2 Å². The van der Waals surface area contributed by atoms with E-state index in [1.54, 1.807) is 48.5 Å². The Morgan fingerprint density at radius 3 is 2.53 bits per heavy atom. The molecular formula is C25H20FN3O4S. The Bertz CT molecular complexity index is 1300. The van der Waals surface area contributed by atoms with Crippen LogP contribution in [0.25, 0.3) is 0 Å². The Hall–Kier alpha value is -3.85. The third kappa shape index (κ3) is 3.40. The van der Waals surface area contributed by atoms with Crippen LogP contribution in [0.5, 0.6) is 5.75 Å². The van der Waals surface area contributed by atoms with Crippen LogP contribution in [-0.4, -0.2) is 37.1 Å². The average molecular weight is 478 g/mol. The number of hydrogen-bond acceptors (Lipinski definition) is 5. The predicted octanol–water partition coefficient (Wildman–Crippen LogP) is 3.75. The van der Waals surface area contributed by atoms with E-state index < -0.39 is 22.5 Å². The lowest BCUT2D eigenvalue weighted by Crippen LogP contribution is -2.50. The van der Waals surface area contributed by atoms with Crippen molar-refractivity contribution in [3.8, 4) is 5.75 Å². The van der Waals surface area contributed by atoms with Crippen molar-refractivity contribution in [2.75, 3.05) is 34.5 Å². The molecule has 1 atom stereocenters. The minimum atomic E-state index is -1.36. The zero-order valence-corrected chi connectivity index (χ0v) is 19.0. The fourth-order valence-corrected chi connectivity index (χ4v) is 5.74. The first-order chi connectivity index (χ1) is 16.5. The number of hydrogen-bond donors (Lipinski definition) is 1. The van der Waals surface area contributed by atoms with Gasteiger partial charge >= 0.3 is 0 Å². The van der Waals surface area contributed by atoms with E-state index in [0.717, 1.165) is 0 Å². The lowest BCUT2D eigenvalue weighted by molar-refractivity contribution is -0.124. The van der Waals surface area contributed by atoms with Gasteiger partial charge in [-0.25, -0.2) is 4.39 Å². The van der Waals surface area contributed by atoms with Gasteiger partial charge in [0.25, 0.3) is 5.91 Å². The van der Waals surface area contributed by atoms with Crippen LogP contribution in [-0.2, 0) is 19.3 Å². The molecule has 2 aliphatic heterocycles. The van der Waals surface area contributed by atoms with Crippen molar-refractivity contribution in [2.45, 2.75) is 4.87 Å². The van der Waals surface area contributed by atoms with Crippen molar-refractivity contribution in [1.29, 1.82) is 0 Å². The molecule has 1 spiro atoms. The van der Waals surface area contributed by atoms with E-state index in [4.69, 9.17) is 4.74 Å². The smallest absolute Gasteiger partial charge is 0.269 e. The highest BCUT2D eigenvalue weighted by atomic mass is 32.2. The second-order valence-corrected chi connectivity index (χ2v) is 8.96. The van der Waals surface area contributed by atoms with Crippen LogP contribution in [0, 0.1) is 5.82 Å². The highest BCUT2D eigenvalue weighted by molar-refractivity contribution is 8.02. The number of benzene rings is 3. The zero-order valence-electron chi connectivity index (χ0n) is 18.2. The summed E-state index contributed by atoms with van der Waals surface area (Å²) in [6.07, 6.45) is 0. The molecule has 1 fully saturated rings. The maximum atomic E-state index is 13.9. The zero-order chi connectivity index (χ0) is 23.9. The lowest BCUT2D eigenvalue weighted by atomic mass is 10.0. The number of halogens is 1. The topological polar surface area (TPSA) is 79.0 Å². The molecule has 0 aliphatic carbocycles. The summed E-state index contributed by atoms with van der Waals surface area (Å²) in [5.41, 5.74) is 2.07. The van der Waals surface area contributed by atoms with E-state index >= 15 is 0 Å². The van der Waals surface area contributed by atoms with Crippen LogP contribution < -0.4 is 19.9 Å². The average Bonchev–Trinajstić information content (AvgIpc) is 3.31. The van der Waals surface area contributed by atoms with Crippen molar-refractivity contribution in [3.63, 3.8) is 0 Å². The van der Waals surface area contributed by atoms with Gasteiger partial charge in [-0.15, -0.1) is 11.8 Å². The summed E-state index contributed by atoms with van der Waals surface area (Å²) in [6.45, 7) is -0.248. The van der Waals surface area contributed by atoms with E-state index in [2.05, 4.69) is 5.32 Å². The van der Waals surface area contributed by atoms with E-state index in [1.165, 1.54) is 52.9 Å². The first-order valence-corrected chi connectivity index (χ1v) is 11.5. The highest BCUT2D eigenvalue weighted by Crippen LogP contribution is 2.55. The van der Waals surface area contributed by atoms with Crippen LogP contribution >= 0.6 is 11.8 Å². The number of fused-ring (bicyclic) bond motifs is 2. The van der Waals surface area contributed by atoms with Crippen LogP contribution in [0.15, 0.2) is 72.8 Å². The largest absolute Gasteiger partial charge is 0.495 e. The predicted molar refractivity (Wildman–Crippen MR) is 128 cm³/mol. The number of para-hydroxylation sites is 3. The van der Waals surface area contributed by atoms with Crippen molar-refractivity contribution >= 4 is 46.5 Å². The Morgan fingerprint density at radius 1 is 1.06 bits per heavy atom. The van der Waals surface area contributed by atoms with Crippen LogP contribution in [0.2, 0.25) is 0 Å². The molecule has 3 aromatic rings. The third-order valence-corrected chi connectivity index (χ3v) is 7.22. The molecule has 0 bridgehead atoms. The summed E-state index contributed by atoms with van der Waals surface area (Å²) >= 11 is 1.20. The minimum Gasteiger partial charge on any atom is -0.495 e. The number of thioether (sulfide) groups is 1. The van der Waals surface area contributed by atoms with Gasteiger partial charge in [0.15, 0.2) is 0 Å². The molecular weight excluding hydrogens is 457 g/mol. The number of carbonyl (C=O) groups is 3. The molecule has 1 N–H and O–H groups in total. The fourth-order valence-electron chi connectivity index (χ4n) is 4.38. The van der Waals surface area contributed by atoms with Crippen molar-refractivity contribution < 1.29 is 23.5 Å². The molecule has 5 rings (SSSR count). The molecule has 0 aromatic heterocycles. The van der Waals surface area contributed by atoms with Crippen LogP contribution in [0.4, 0.5) is 21.5 Å². The molecule has 0 saturated carbocycles. The monoisotopic (exact) mass is 477 g/mol. The van der Waals surface area contributed by atoms with Crippen molar-refractivity contribution in [2.24, 2.45) is 0 Å². The number of anilines is 3. The number of nitrogens with one attached hydrogen (secondary N) is 1. The normalized spacial score (nSPS) is 19.0. The Morgan fingerprint density at radius 2 is 1.76 bits per heavy atom. The number of nitrogens with zero attached hydrogens (tertiary/aromatic N) is 2. The van der Waals surface area contributed by atoms with Crippen LogP contribution in [0.1, 0.15) is 5.56 Å².